The molecule has 11 heteroatoms. The number of primary amides is 1. The number of benzene rings is 1. The molecule has 1 amide bonds. The largest absolute Gasteiger partial charge is 0.507 e. The molecule has 7 N–H and O–H groups in total. The number of phenols is 1. The summed E-state index contributed by atoms with van der Waals surface area (Å²) in [6.07, 6.45) is 0.0589. The van der Waals surface area contributed by atoms with Gasteiger partial charge in [0.25, 0.3) is 5.92 Å². The van der Waals surface area contributed by atoms with Crippen LogP contribution in [0.3, 0.4) is 0 Å². The summed E-state index contributed by atoms with van der Waals surface area (Å²) in [7, 11) is 0. The summed E-state index contributed by atoms with van der Waals surface area (Å²) >= 11 is 0. The number of hydrogen-bond acceptors (Lipinski definition) is 8. The first-order chi connectivity index (χ1) is 21.3. The lowest BCUT2D eigenvalue weighted by atomic mass is 9.36. The van der Waals surface area contributed by atoms with E-state index in [9.17, 15) is 39.9 Å². The number of aromatic hydroxyl groups is 1. The Labute approximate surface area is 268 Å². The molecule has 2 unspecified atom stereocenters. The average Bonchev–Trinajstić information content (AvgIpc) is 2.97. The van der Waals surface area contributed by atoms with Gasteiger partial charge in [-0.15, -0.1) is 0 Å². The molecule has 10 atom stereocenters. The minimum Gasteiger partial charge on any atom is -0.507 e. The van der Waals surface area contributed by atoms with Gasteiger partial charge in [-0.25, -0.2) is 8.78 Å². The molecule has 1 aromatic rings. The van der Waals surface area contributed by atoms with Crippen LogP contribution in [0.2, 0.25) is 0 Å². The molecule has 0 aliphatic heterocycles. The Morgan fingerprint density at radius 1 is 1.09 bits per heavy atom. The smallest absolute Gasteiger partial charge is 0.276 e. The quantitative estimate of drug-likeness (QED) is 0.241. The lowest BCUT2D eigenvalue weighted by Gasteiger charge is -2.69. The predicted molar refractivity (Wildman–Crippen MR) is 164 cm³/mol. The number of Topliss-reactive ketones (excluding diaryl/α,β-unsaturated/α-hetero) is 2. The van der Waals surface area contributed by atoms with Crippen LogP contribution in [0.5, 0.6) is 5.75 Å². The zero-order valence-corrected chi connectivity index (χ0v) is 27.3. The molecule has 256 valence electrons. The average molecular weight is 650 g/mol. The normalized spacial score (nSPS) is 40.0. The van der Waals surface area contributed by atoms with Crippen molar-refractivity contribution in [3.63, 3.8) is 0 Å². The van der Waals surface area contributed by atoms with E-state index in [-0.39, 0.29) is 12.0 Å². The van der Waals surface area contributed by atoms with Crippen LogP contribution in [0.4, 0.5) is 8.78 Å². The number of carbonyl (C=O) groups excluding carboxylic acids is 3. The van der Waals surface area contributed by atoms with Crippen molar-refractivity contribution in [2.45, 2.75) is 122 Å². The van der Waals surface area contributed by atoms with Crippen molar-refractivity contribution < 1.29 is 48.7 Å². The molecule has 4 aliphatic rings. The number of halogens is 2. The fourth-order valence-electron chi connectivity index (χ4n) is 10.3. The number of phenolic OH excluding ortho intramolecular Hbond substituents is 1. The number of amides is 1. The van der Waals surface area contributed by atoms with Gasteiger partial charge in [-0.05, 0) is 41.7 Å². The van der Waals surface area contributed by atoms with E-state index < -0.39 is 111 Å². The molecule has 5 rings (SSSR count). The monoisotopic (exact) mass is 649 g/mol. The van der Waals surface area contributed by atoms with Crippen LogP contribution in [0.15, 0.2) is 12.1 Å². The van der Waals surface area contributed by atoms with Gasteiger partial charge in [0.05, 0.1) is 29.3 Å². The zero-order valence-electron chi connectivity index (χ0n) is 27.3. The number of nitrogens with two attached hydrogens (primary N) is 1. The summed E-state index contributed by atoms with van der Waals surface area (Å²) in [5.41, 5.74) is -2.02. The van der Waals surface area contributed by atoms with E-state index in [1.165, 1.54) is 19.9 Å². The third-order valence-electron chi connectivity index (χ3n) is 12.8. The van der Waals surface area contributed by atoms with E-state index in [2.05, 4.69) is 0 Å². The maximum Gasteiger partial charge on any atom is 0.276 e. The van der Waals surface area contributed by atoms with Crippen LogP contribution in [-0.4, -0.2) is 66.9 Å². The van der Waals surface area contributed by atoms with Crippen molar-refractivity contribution in [1.29, 1.82) is 0 Å². The highest BCUT2D eigenvalue weighted by molar-refractivity contribution is 6.09. The van der Waals surface area contributed by atoms with Gasteiger partial charge < -0.3 is 31.3 Å². The molecule has 0 aromatic heterocycles. The summed E-state index contributed by atoms with van der Waals surface area (Å²) in [4.78, 5) is 40.7. The van der Waals surface area contributed by atoms with E-state index >= 15 is 8.78 Å². The summed E-state index contributed by atoms with van der Waals surface area (Å²) in [5.74, 6) is -13.8. The molecule has 1 aromatic carbocycles. The molecule has 0 radical (unpaired) electrons. The fourth-order valence-corrected chi connectivity index (χ4v) is 10.3. The van der Waals surface area contributed by atoms with Gasteiger partial charge in [0.15, 0.2) is 17.2 Å². The maximum absolute atomic E-state index is 15.7. The highest BCUT2D eigenvalue weighted by Gasteiger charge is 2.80. The highest BCUT2D eigenvalue weighted by Crippen LogP contribution is 2.68. The molecule has 0 saturated heterocycles. The second-order valence-corrected chi connectivity index (χ2v) is 15.4. The molecule has 4 aliphatic carbocycles. The Morgan fingerprint density at radius 3 is 2.26 bits per heavy atom. The van der Waals surface area contributed by atoms with E-state index in [4.69, 9.17) is 5.73 Å². The number of aliphatic hydroxyl groups excluding tert-OH is 3. The first-order valence-electron chi connectivity index (χ1n) is 16.7. The SMILES string of the molecule is CC(C)[C@H]1C(O)[C@@H](C(N)=O)C(=O)[C@]2(O)C(O)[C@H]3C(=O)c4c(ccc(C(F)(F)CCCC5CCCCC5)c4O)[C@@H](C)[C@]3(C)[C@@H](O)[C@]12C. The predicted octanol–water partition coefficient (Wildman–Crippen LogP) is 3.95. The van der Waals surface area contributed by atoms with E-state index in [0.717, 1.165) is 38.2 Å². The van der Waals surface area contributed by atoms with E-state index in [1.54, 1.807) is 20.8 Å². The standard InChI is InChI=1S/C35H49F2NO8/c1-16(2)23-27(41)22(30(38)44)28(42)35(46)29(43)24-26(40)21-19(17(3)32(24,4)31(45)33(23,35)5)13-14-20(25(21)39)34(36,37)15-9-12-18-10-7-6-8-11-18/h13-14,16-18,22-24,27,29,31,39,41,43,45-46H,6-12,15H2,1-5H3,(H2,38,44)/t17-,22-,23+,24-,27?,29?,31-,32+,33+,35+/m1/s1. The molecule has 0 spiro atoms. The Bertz CT molecular complexity index is 1410. The van der Waals surface area contributed by atoms with Crippen molar-refractivity contribution in [3.8, 4) is 5.75 Å². The summed E-state index contributed by atoms with van der Waals surface area (Å²) < 4.78 is 31.3. The lowest BCUT2D eigenvalue weighted by Crippen LogP contribution is -2.83. The van der Waals surface area contributed by atoms with Crippen molar-refractivity contribution >= 4 is 17.5 Å². The summed E-state index contributed by atoms with van der Waals surface area (Å²) in [6, 6.07) is 2.45. The molecule has 3 saturated carbocycles. The van der Waals surface area contributed by atoms with Gasteiger partial charge in [0, 0.05) is 17.3 Å². The Balaban J connectivity index is 1.60. The van der Waals surface area contributed by atoms with Crippen molar-refractivity contribution in [2.75, 3.05) is 0 Å². The summed E-state index contributed by atoms with van der Waals surface area (Å²) in [6.45, 7) is 7.83. The van der Waals surface area contributed by atoms with Gasteiger partial charge in [-0.1, -0.05) is 79.2 Å². The minimum atomic E-state index is -3.46. The van der Waals surface area contributed by atoms with Gasteiger partial charge in [-0.2, -0.15) is 0 Å². The first-order valence-corrected chi connectivity index (χ1v) is 16.7. The van der Waals surface area contributed by atoms with E-state index in [0.29, 0.717) is 12.3 Å². The van der Waals surface area contributed by atoms with Crippen molar-refractivity contribution in [2.24, 2.45) is 46.2 Å². The zero-order chi connectivity index (χ0) is 34.3. The van der Waals surface area contributed by atoms with Crippen LogP contribution in [0.1, 0.15) is 113 Å². The Morgan fingerprint density at radius 2 is 1.70 bits per heavy atom. The molecule has 0 heterocycles. The number of aliphatic hydroxyl groups is 4. The number of fused-ring (bicyclic) bond motifs is 3. The van der Waals surface area contributed by atoms with E-state index in [1.807, 2.05) is 0 Å². The number of carbonyl (C=O) groups is 3. The molecular weight excluding hydrogens is 600 g/mol. The van der Waals surface area contributed by atoms with Crippen molar-refractivity contribution in [1.82, 2.24) is 0 Å². The van der Waals surface area contributed by atoms with Crippen LogP contribution in [0.25, 0.3) is 0 Å². The molecule has 3 fully saturated rings. The first kappa shape index (κ1) is 34.9. The fraction of sp³-hybridized carbons (Fsp3) is 0.743. The number of hydrogen-bond donors (Lipinski definition) is 6. The number of rotatable bonds is 7. The minimum absolute atomic E-state index is 0.182. The number of ketones is 2. The second-order valence-electron chi connectivity index (χ2n) is 15.4. The highest BCUT2D eigenvalue weighted by atomic mass is 19.3. The third kappa shape index (κ3) is 4.54. The molecule has 0 bridgehead atoms. The van der Waals surface area contributed by atoms with Gasteiger partial charge >= 0.3 is 0 Å². The molecule has 46 heavy (non-hydrogen) atoms. The summed E-state index contributed by atoms with van der Waals surface area (Å²) in [5, 5.41) is 59.1. The maximum atomic E-state index is 15.7. The Kier molecular flexibility index (Phi) is 8.79. The number of alkyl halides is 2. The second kappa shape index (κ2) is 11.6. The topological polar surface area (TPSA) is 178 Å². The van der Waals surface area contributed by atoms with Crippen LogP contribution in [0, 0.1) is 40.4 Å². The molecule has 9 nitrogen and oxygen atoms in total. The lowest BCUT2D eigenvalue weighted by molar-refractivity contribution is -0.306. The van der Waals surface area contributed by atoms with Crippen LogP contribution >= 0.6 is 0 Å². The van der Waals surface area contributed by atoms with Crippen molar-refractivity contribution in [3.05, 3.63) is 28.8 Å². The van der Waals surface area contributed by atoms with Crippen LogP contribution < -0.4 is 5.73 Å². The van der Waals surface area contributed by atoms with Crippen LogP contribution in [-0.2, 0) is 15.5 Å². The van der Waals surface area contributed by atoms with Gasteiger partial charge in [0.2, 0.25) is 5.91 Å². The third-order valence-corrected chi connectivity index (χ3v) is 12.8. The van der Waals surface area contributed by atoms with Gasteiger partial charge in [0.1, 0.15) is 17.8 Å². The Hall–Kier alpha value is -2.47. The van der Waals surface area contributed by atoms with Gasteiger partial charge in [-0.3, -0.25) is 14.4 Å². The molecular formula is C35H49F2NO8.